The smallest absolute Gasteiger partial charge is 0.220 e. The number of carbonyl (C=O) groups excluding carboxylic acids is 1. The summed E-state index contributed by atoms with van der Waals surface area (Å²) in [6, 6.07) is 0. The van der Waals surface area contributed by atoms with E-state index in [0.717, 1.165) is 45.6 Å². The molecule has 0 saturated heterocycles. The molecule has 0 fully saturated rings. The van der Waals surface area contributed by atoms with Crippen LogP contribution in [0.15, 0.2) is 0 Å². The number of hydrogen-bond donors (Lipinski definition) is 2. The molecule has 0 saturated carbocycles. The number of nitrogens with one attached hydrogen (secondary N) is 1. The average molecular weight is 285 g/mol. The molecule has 4 heteroatoms. The largest absolute Gasteiger partial charge is 0.355 e. The van der Waals surface area contributed by atoms with Crippen LogP contribution in [-0.2, 0) is 4.79 Å². The maximum Gasteiger partial charge on any atom is 0.220 e. The summed E-state index contributed by atoms with van der Waals surface area (Å²) in [6.45, 7) is 11.2. The van der Waals surface area contributed by atoms with Gasteiger partial charge in [0.05, 0.1) is 0 Å². The summed E-state index contributed by atoms with van der Waals surface area (Å²) in [6.07, 6.45) is 6.19. The van der Waals surface area contributed by atoms with Crippen molar-refractivity contribution >= 4 is 5.91 Å². The van der Waals surface area contributed by atoms with Crippen molar-refractivity contribution in [3.8, 4) is 0 Å². The van der Waals surface area contributed by atoms with Crippen molar-refractivity contribution in [2.45, 2.75) is 59.3 Å². The van der Waals surface area contributed by atoms with Gasteiger partial charge in [0.2, 0.25) is 5.91 Å². The maximum atomic E-state index is 11.8. The highest BCUT2D eigenvalue weighted by Gasteiger charge is 2.10. The van der Waals surface area contributed by atoms with Crippen molar-refractivity contribution in [1.29, 1.82) is 0 Å². The highest BCUT2D eigenvalue weighted by molar-refractivity contribution is 5.75. The van der Waals surface area contributed by atoms with Crippen LogP contribution in [0.4, 0.5) is 0 Å². The molecule has 1 unspecified atom stereocenters. The van der Waals surface area contributed by atoms with Gasteiger partial charge in [-0.15, -0.1) is 0 Å². The zero-order valence-corrected chi connectivity index (χ0v) is 13.8. The van der Waals surface area contributed by atoms with Crippen molar-refractivity contribution in [3.63, 3.8) is 0 Å². The molecule has 0 aromatic carbocycles. The van der Waals surface area contributed by atoms with Crippen LogP contribution in [0.3, 0.4) is 0 Å². The average Bonchev–Trinajstić information content (AvgIpc) is 2.44. The lowest BCUT2D eigenvalue weighted by atomic mass is 9.94. The van der Waals surface area contributed by atoms with E-state index in [1.54, 1.807) is 0 Å². The molecule has 120 valence electrons. The summed E-state index contributed by atoms with van der Waals surface area (Å²) < 4.78 is 0. The lowest BCUT2D eigenvalue weighted by molar-refractivity contribution is -0.121. The Morgan fingerprint density at radius 1 is 1.10 bits per heavy atom. The monoisotopic (exact) mass is 285 g/mol. The number of amides is 1. The van der Waals surface area contributed by atoms with E-state index < -0.39 is 0 Å². The van der Waals surface area contributed by atoms with Crippen LogP contribution < -0.4 is 11.1 Å². The van der Waals surface area contributed by atoms with Crippen LogP contribution in [-0.4, -0.2) is 43.5 Å². The molecule has 0 rings (SSSR count). The molecule has 0 aromatic rings. The second kappa shape index (κ2) is 13.4. The van der Waals surface area contributed by atoms with E-state index in [1.807, 2.05) is 0 Å². The van der Waals surface area contributed by atoms with Gasteiger partial charge in [0.1, 0.15) is 0 Å². The van der Waals surface area contributed by atoms with Gasteiger partial charge in [0, 0.05) is 19.5 Å². The maximum absolute atomic E-state index is 11.8. The van der Waals surface area contributed by atoms with E-state index in [9.17, 15) is 4.79 Å². The van der Waals surface area contributed by atoms with Gasteiger partial charge >= 0.3 is 0 Å². The van der Waals surface area contributed by atoms with Crippen LogP contribution in [0.25, 0.3) is 0 Å². The number of nitrogens with two attached hydrogens (primary N) is 1. The fraction of sp³-hybridized carbons (Fsp3) is 0.938. The molecule has 0 aliphatic carbocycles. The predicted octanol–water partition coefficient (Wildman–Crippen LogP) is 2.38. The van der Waals surface area contributed by atoms with E-state index in [0.29, 0.717) is 12.3 Å². The first-order valence-corrected chi connectivity index (χ1v) is 8.36. The Balaban J connectivity index is 3.75. The summed E-state index contributed by atoms with van der Waals surface area (Å²) in [5, 5.41) is 3.03. The van der Waals surface area contributed by atoms with E-state index in [4.69, 9.17) is 5.73 Å². The minimum Gasteiger partial charge on any atom is -0.355 e. The van der Waals surface area contributed by atoms with Crippen LogP contribution >= 0.6 is 0 Å². The van der Waals surface area contributed by atoms with E-state index in [1.165, 1.54) is 19.3 Å². The van der Waals surface area contributed by atoms with Gasteiger partial charge in [-0.1, -0.05) is 33.6 Å². The number of carbonyl (C=O) groups is 1. The lowest BCUT2D eigenvalue weighted by Gasteiger charge is -2.20. The van der Waals surface area contributed by atoms with Gasteiger partial charge in [0.15, 0.2) is 0 Å². The van der Waals surface area contributed by atoms with Crippen molar-refractivity contribution < 1.29 is 4.79 Å². The molecular formula is C16H35N3O. The topological polar surface area (TPSA) is 58.4 Å². The Kier molecular flexibility index (Phi) is 13.0. The third-order valence-electron chi connectivity index (χ3n) is 3.79. The summed E-state index contributed by atoms with van der Waals surface area (Å²) in [7, 11) is 0. The van der Waals surface area contributed by atoms with Crippen molar-refractivity contribution in [2.75, 3.05) is 32.7 Å². The zero-order chi connectivity index (χ0) is 15.2. The standard InChI is InChI=1S/C16H35N3O/c1-4-7-15(10-11-17)8-9-16(20)18-12-14-19(6-3)13-5-2/h15H,4-14,17H2,1-3H3,(H,18,20). The Morgan fingerprint density at radius 2 is 1.85 bits per heavy atom. The Morgan fingerprint density at radius 3 is 2.40 bits per heavy atom. The van der Waals surface area contributed by atoms with Crippen LogP contribution in [0.2, 0.25) is 0 Å². The quantitative estimate of drug-likeness (QED) is 0.546. The highest BCUT2D eigenvalue weighted by Crippen LogP contribution is 2.16. The zero-order valence-electron chi connectivity index (χ0n) is 13.8. The molecule has 0 aliphatic heterocycles. The fourth-order valence-electron chi connectivity index (χ4n) is 2.60. The fourth-order valence-corrected chi connectivity index (χ4v) is 2.60. The van der Waals surface area contributed by atoms with E-state index in [2.05, 4.69) is 31.0 Å². The molecular weight excluding hydrogens is 250 g/mol. The molecule has 0 radical (unpaired) electrons. The predicted molar refractivity (Wildman–Crippen MR) is 86.7 cm³/mol. The Bertz CT molecular complexity index is 228. The molecule has 0 aromatic heterocycles. The minimum absolute atomic E-state index is 0.190. The van der Waals surface area contributed by atoms with Crippen LogP contribution in [0.1, 0.15) is 59.3 Å². The Labute approximate surface area is 125 Å². The third kappa shape index (κ3) is 10.2. The van der Waals surface area contributed by atoms with Gasteiger partial charge in [0.25, 0.3) is 0 Å². The molecule has 4 nitrogen and oxygen atoms in total. The molecule has 1 atom stereocenters. The second-order valence-electron chi connectivity index (χ2n) is 5.55. The highest BCUT2D eigenvalue weighted by atomic mass is 16.1. The van der Waals surface area contributed by atoms with Crippen molar-refractivity contribution in [2.24, 2.45) is 11.7 Å². The Hall–Kier alpha value is -0.610. The van der Waals surface area contributed by atoms with Gasteiger partial charge in [-0.25, -0.2) is 0 Å². The normalized spacial score (nSPS) is 12.7. The molecule has 0 bridgehead atoms. The summed E-state index contributed by atoms with van der Waals surface area (Å²) in [5.74, 6) is 0.804. The van der Waals surface area contributed by atoms with Gasteiger partial charge in [-0.3, -0.25) is 4.79 Å². The molecule has 1 amide bonds. The summed E-state index contributed by atoms with van der Waals surface area (Å²) in [5.41, 5.74) is 5.62. The lowest BCUT2D eigenvalue weighted by Crippen LogP contribution is -2.35. The molecule has 3 N–H and O–H groups in total. The molecule has 20 heavy (non-hydrogen) atoms. The number of likely N-dealkylation sites (N-methyl/N-ethyl adjacent to an activating group) is 1. The number of nitrogens with zero attached hydrogens (tertiary/aromatic N) is 1. The number of rotatable bonds is 13. The third-order valence-corrected chi connectivity index (χ3v) is 3.79. The van der Waals surface area contributed by atoms with Gasteiger partial charge in [-0.05, 0) is 44.8 Å². The van der Waals surface area contributed by atoms with E-state index in [-0.39, 0.29) is 5.91 Å². The van der Waals surface area contributed by atoms with Gasteiger partial charge in [-0.2, -0.15) is 0 Å². The first kappa shape index (κ1) is 19.4. The SMILES string of the molecule is CCCC(CCN)CCC(=O)NCCN(CC)CCC. The summed E-state index contributed by atoms with van der Waals surface area (Å²) >= 11 is 0. The molecule has 0 spiro atoms. The molecule has 0 aliphatic rings. The minimum atomic E-state index is 0.190. The van der Waals surface area contributed by atoms with Crippen LogP contribution in [0, 0.1) is 5.92 Å². The van der Waals surface area contributed by atoms with Gasteiger partial charge < -0.3 is 16.0 Å². The van der Waals surface area contributed by atoms with E-state index >= 15 is 0 Å². The second-order valence-corrected chi connectivity index (χ2v) is 5.55. The number of hydrogen-bond acceptors (Lipinski definition) is 3. The van der Waals surface area contributed by atoms with Crippen molar-refractivity contribution in [3.05, 3.63) is 0 Å². The summed E-state index contributed by atoms with van der Waals surface area (Å²) in [4.78, 5) is 14.2. The molecule has 0 heterocycles. The van der Waals surface area contributed by atoms with Crippen molar-refractivity contribution in [1.82, 2.24) is 10.2 Å². The first-order valence-electron chi connectivity index (χ1n) is 8.36. The van der Waals surface area contributed by atoms with Crippen LogP contribution in [0.5, 0.6) is 0 Å². The first-order chi connectivity index (χ1) is 9.67.